The summed E-state index contributed by atoms with van der Waals surface area (Å²) < 4.78 is 0. The largest absolute Gasteiger partial charge is 0.395 e. The fourth-order valence-corrected chi connectivity index (χ4v) is 2.37. The van der Waals surface area contributed by atoms with Gasteiger partial charge in [-0.1, -0.05) is 6.92 Å². The van der Waals surface area contributed by atoms with Gasteiger partial charge in [0.1, 0.15) is 0 Å². The van der Waals surface area contributed by atoms with Crippen LogP contribution in [0.25, 0.3) is 0 Å². The van der Waals surface area contributed by atoms with Crippen molar-refractivity contribution < 1.29 is 9.90 Å². The smallest absolute Gasteiger partial charge is 0.234 e. The molecule has 0 fully saturated rings. The first-order valence-electron chi connectivity index (χ1n) is 6.22. The van der Waals surface area contributed by atoms with E-state index in [-0.39, 0.29) is 18.6 Å². The van der Waals surface area contributed by atoms with Crippen molar-refractivity contribution in [2.24, 2.45) is 0 Å². The summed E-state index contributed by atoms with van der Waals surface area (Å²) in [6.45, 7) is 4.98. The fourth-order valence-electron chi connectivity index (χ4n) is 1.47. The Bertz CT molecular complexity index is 379. The summed E-state index contributed by atoms with van der Waals surface area (Å²) >= 11 is 1.74. The standard InChI is InChI=1S/C13H22N2O2S/c1-4-11-5-6-12(18-11)7-14-13(17)8-15(3)10(2)9-16/h5-6,10,16H,4,7-9H2,1-3H3,(H,14,17). The van der Waals surface area contributed by atoms with Gasteiger partial charge in [-0.3, -0.25) is 9.69 Å². The number of hydrogen-bond donors (Lipinski definition) is 2. The molecule has 1 rings (SSSR count). The third-order valence-electron chi connectivity index (χ3n) is 2.94. The van der Waals surface area contributed by atoms with Crippen molar-refractivity contribution >= 4 is 17.2 Å². The second-order valence-corrected chi connectivity index (χ2v) is 5.70. The molecule has 102 valence electrons. The molecule has 0 radical (unpaired) electrons. The number of likely N-dealkylation sites (N-methyl/N-ethyl adjacent to an activating group) is 1. The van der Waals surface area contributed by atoms with Gasteiger partial charge in [0.05, 0.1) is 19.7 Å². The van der Waals surface area contributed by atoms with Crippen molar-refractivity contribution in [2.45, 2.75) is 32.9 Å². The first-order chi connectivity index (χ1) is 8.56. The van der Waals surface area contributed by atoms with Crippen LogP contribution in [-0.2, 0) is 17.8 Å². The number of nitrogens with one attached hydrogen (secondary N) is 1. The molecule has 0 aliphatic rings. The number of nitrogens with zero attached hydrogens (tertiary/aromatic N) is 1. The number of thiophene rings is 1. The molecular formula is C13H22N2O2S. The summed E-state index contributed by atoms with van der Waals surface area (Å²) in [4.78, 5) is 16.0. The number of carbonyl (C=O) groups is 1. The van der Waals surface area contributed by atoms with E-state index in [4.69, 9.17) is 5.11 Å². The minimum Gasteiger partial charge on any atom is -0.395 e. The topological polar surface area (TPSA) is 52.6 Å². The van der Waals surface area contributed by atoms with Crippen molar-refractivity contribution in [3.63, 3.8) is 0 Å². The zero-order chi connectivity index (χ0) is 13.5. The van der Waals surface area contributed by atoms with Crippen molar-refractivity contribution in [3.05, 3.63) is 21.9 Å². The molecular weight excluding hydrogens is 248 g/mol. The van der Waals surface area contributed by atoms with Gasteiger partial charge in [0.2, 0.25) is 5.91 Å². The van der Waals surface area contributed by atoms with Crippen LogP contribution in [0.15, 0.2) is 12.1 Å². The SMILES string of the molecule is CCc1ccc(CNC(=O)CN(C)C(C)CO)s1. The normalized spacial score (nSPS) is 12.7. The van der Waals surface area contributed by atoms with Gasteiger partial charge in [-0.2, -0.15) is 0 Å². The molecule has 0 saturated carbocycles. The third-order valence-corrected chi connectivity index (χ3v) is 4.16. The number of carbonyl (C=O) groups excluding carboxylic acids is 1. The summed E-state index contributed by atoms with van der Waals surface area (Å²) in [5.74, 6) is -0.00996. The lowest BCUT2D eigenvalue weighted by molar-refractivity contribution is -0.122. The number of amides is 1. The van der Waals surface area contributed by atoms with E-state index in [0.29, 0.717) is 13.1 Å². The molecule has 0 aliphatic heterocycles. The molecule has 1 unspecified atom stereocenters. The van der Waals surface area contributed by atoms with Crippen molar-refractivity contribution in [1.29, 1.82) is 0 Å². The van der Waals surface area contributed by atoms with E-state index in [2.05, 4.69) is 24.4 Å². The van der Waals surface area contributed by atoms with Crippen LogP contribution in [0.5, 0.6) is 0 Å². The highest BCUT2D eigenvalue weighted by Gasteiger charge is 2.11. The van der Waals surface area contributed by atoms with Crippen molar-refractivity contribution in [3.8, 4) is 0 Å². The predicted molar refractivity (Wildman–Crippen MR) is 74.7 cm³/mol. The lowest BCUT2D eigenvalue weighted by Gasteiger charge is -2.21. The summed E-state index contributed by atoms with van der Waals surface area (Å²) in [7, 11) is 1.83. The summed E-state index contributed by atoms with van der Waals surface area (Å²) in [6, 6.07) is 4.17. The number of hydrogen-bond acceptors (Lipinski definition) is 4. The molecule has 4 nitrogen and oxygen atoms in total. The van der Waals surface area contributed by atoms with E-state index < -0.39 is 0 Å². The fraction of sp³-hybridized carbons (Fsp3) is 0.615. The minimum absolute atomic E-state index is 0.00387. The van der Waals surface area contributed by atoms with Gasteiger partial charge >= 0.3 is 0 Å². The second kappa shape index (κ2) is 7.51. The molecule has 0 aromatic carbocycles. The van der Waals surface area contributed by atoms with Gasteiger partial charge in [0.25, 0.3) is 0 Å². The highest BCUT2D eigenvalue weighted by molar-refractivity contribution is 7.11. The molecule has 2 N–H and O–H groups in total. The van der Waals surface area contributed by atoms with Crippen LogP contribution in [0.4, 0.5) is 0 Å². The molecule has 1 heterocycles. The molecule has 5 heteroatoms. The molecule has 0 aliphatic carbocycles. The van der Waals surface area contributed by atoms with E-state index in [0.717, 1.165) is 6.42 Å². The average Bonchev–Trinajstić information content (AvgIpc) is 2.83. The van der Waals surface area contributed by atoms with E-state index in [1.807, 2.05) is 18.9 Å². The first-order valence-corrected chi connectivity index (χ1v) is 7.03. The second-order valence-electron chi connectivity index (χ2n) is 4.45. The van der Waals surface area contributed by atoms with Gasteiger partial charge in [-0.05, 0) is 32.5 Å². The van der Waals surface area contributed by atoms with Crippen LogP contribution in [0.2, 0.25) is 0 Å². The lowest BCUT2D eigenvalue weighted by Crippen LogP contribution is -2.40. The van der Waals surface area contributed by atoms with Gasteiger partial charge in [-0.15, -0.1) is 11.3 Å². The molecule has 1 atom stereocenters. The molecule has 18 heavy (non-hydrogen) atoms. The van der Waals surface area contributed by atoms with E-state index in [9.17, 15) is 4.79 Å². The number of rotatable bonds is 7. The van der Waals surface area contributed by atoms with Crippen LogP contribution < -0.4 is 5.32 Å². The van der Waals surface area contributed by atoms with Crippen LogP contribution in [-0.4, -0.2) is 42.2 Å². The number of aryl methyl sites for hydroxylation is 1. The lowest BCUT2D eigenvalue weighted by atomic mass is 10.3. The quantitative estimate of drug-likeness (QED) is 0.784. The maximum Gasteiger partial charge on any atom is 0.234 e. The highest BCUT2D eigenvalue weighted by Crippen LogP contribution is 2.16. The van der Waals surface area contributed by atoms with E-state index in [1.54, 1.807) is 11.3 Å². The Morgan fingerprint density at radius 2 is 2.17 bits per heavy atom. The minimum atomic E-state index is -0.00996. The van der Waals surface area contributed by atoms with Crippen molar-refractivity contribution in [2.75, 3.05) is 20.2 Å². The molecule has 1 amide bonds. The molecule has 1 aromatic rings. The molecule has 0 spiro atoms. The third kappa shape index (κ3) is 4.76. The monoisotopic (exact) mass is 270 g/mol. The number of aliphatic hydroxyl groups excluding tert-OH is 1. The van der Waals surface area contributed by atoms with Gasteiger partial charge in [0, 0.05) is 15.8 Å². The van der Waals surface area contributed by atoms with Crippen LogP contribution >= 0.6 is 11.3 Å². The van der Waals surface area contributed by atoms with Gasteiger partial charge in [-0.25, -0.2) is 0 Å². The van der Waals surface area contributed by atoms with Crippen LogP contribution in [0.1, 0.15) is 23.6 Å². The van der Waals surface area contributed by atoms with Crippen molar-refractivity contribution in [1.82, 2.24) is 10.2 Å². The van der Waals surface area contributed by atoms with E-state index >= 15 is 0 Å². The maximum absolute atomic E-state index is 11.7. The Hall–Kier alpha value is -0.910. The Morgan fingerprint density at radius 3 is 2.72 bits per heavy atom. The Morgan fingerprint density at radius 1 is 1.50 bits per heavy atom. The number of aliphatic hydroxyl groups is 1. The summed E-state index contributed by atoms with van der Waals surface area (Å²) in [6.07, 6.45) is 1.04. The summed E-state index contributed by atoms with van der Waals surface area (Å²) in [5.41, 5.74) is 0. The van der Waals surface area contributed by atoms with E-state index in [1.165, 1.54) is 9.75 Å². The van der Waals surface area contributed by atoms with Crippen LogP contribution in [0, 0.1) is 0 Å². The average molecular weight is 270 g/mol. The molecule has 0 bridgehead atoms. The molecule has 0 saturated heterocycles. The summed E-state index contributed by atoms with van der Waals surface area (Å²) in [5, 5.41) is 11.9. The zero-order valence-electron chi connectivity index (χ0n) is 11.3. The Balaban J connectivity index is 2.32. The Kier molecular flexibility index (Phi) is 6.32. The predicted octanol–water partition coefficient (Wildman–Crippen LogP) is 1.24. The first kappa shape index (κ1) is 15.1. The maximum atomic E-state index is 11.7. The Labute approximate surface area is 113 Å². The van der Waals surface area contributed by atoms with Gasteiger partial charge in [0.15, 0.2) is 0 Å². The molecule has 1 aromatic heterocycles. The van der Waals surface area contributed by atoms with Gasteiger partial charge < -0.3 is 10.4 Å². The van der Waals surface area contributed by atoms with Crippen LogP contribution in [0.3, 0.4) is 0 Å². The highest BCUT2D eigenvalue weighted by atomic mass is 32.1. The zero-order valence-corrected chi connectivity index (χ0v) is 12.1.